The van der Waals surface area contributed by atoms with Crippen molar-refractivity contribution in [2.45, 2.75) is 13.3 Å². The van der Waals surface area contributed by atoms with Crippen molar-refractivity contribution in [2.24, 2.45) is 0 Å². The molecule has 0 aliphatic heterocycles. The summed E-state index contributed by atoms with van der Waals surface area (Å²) in [6.07, 6.45) is 0.464. The summed E-state index contributed by atoms with van der Waals surface area (Å²) in [4.78, 5) is 13.2. The first-order valence-electron chi connectivity index (χ1n) is 7.57. The number of hydrogen-bond donors (Lipinski definition) is 0. The van der Waals surface area contributed by atoms with E-state index >= 15 is 0 Å². The van der Waals surface area contributed by atoms with Crippen molar-refractivity contribution in [3.05, 3.63) is 63.8 Å². The maximum atomic E-state index is 12.3. The van der Waals surface area contributed by atoms with Crippen molar-refractivity contribution < 1.29 is 9.53 Å². The first kappa shape index (κ1) is 14.2. The molecule has 2 aromatic carbocycles. The molecule has 4 rings (SSSR count). The zero-order valence-corrected chi connectivity index (χ0v) is 13.9. The lowest BCUT2D eigenvalue weighted by atomic mass is 9.84. The number of rotatable bonds is 2. The largest absolute Gasteiger partial charge is 0.496 e. The van der Waals surface area contributed by atoms with Gasteiger partial charge < -0.3 is 4.74 Å². The minimum atomic E-state index is 0.211. The van der Waals surface area contributed by atoms with Crippen LogP contribution in [-0.2, 0) is 6.42 Å². The van der Waals surface area contributed by atoms with Gasteiger partial charge in [0.2, 0.25) is 0 Å². The van der Waals surface area contributed by atoms with E-state index in [1.165, 1.54) is 16.9 Å². The van der Waals surface area contributed by atoms with Gasteiger partial charge in [-0.1, -0.05) is 35.9 Å². The second-order valence-electron chi connectivity index (χ2n) is 5.81. The third-order valence-corrected chi connectivity index (χ3v) is 5.31. The van der Waals surface area contributed by atoms with Crippen LogP contribution >= 0.6 is 11.3 Å². The number of carbonyl (C=O) groups is 1. The maximum absolute atomic E-state index is 12.3. The smallest absolute Gasteiger partial charge is 0.177 e. The molecule has 0 bridgehead atoms. The molecule has 0 spiro atoms. The molecule has 0 unspecified atom stereocenters. The number of Topliss-reactive ketones (excluding diaryl/α,β-unsaturated/α-hetero) is 1. The highest BCUT2D eigenvalue weighted by Crippen LogP contribution is 2.46. The normalized spacial score (nSPS) is 12.7. The molecule has 114 valence electrons. The SMILES string of the molecule is COc1ccc2c(c1-c1ccc(C)cc1)-c1ccsc1C(=O)C2. The van der Waals surface area contributed by atoms with Crippen LogP contribution in [0, 0.1) is 6.92 Å². The van der Waals surface area contributed by atoms with E-state index in [2.05, 4.69) is 31.2 Å². The zero-order chi connectivity index (χ0) is 16.0. The molecule has 3 heteroatoms. The Kier molecular flexibility index (Phi) is 3.31. The Balaban J connectivity index is 2.05. The standard InChI is InChI=1S/C20H16O2S/c1-12-3-5-13(6-4-12)19-17(22-2)8-7-14-11-16(21)20-15(18(14)19)9-10-23-20/h3-10H,11H2,1-2H3. The first-order valence-corrected chi connectivity index (χ1v) is 8.45. The molecular weight excluding hydrogens is 304 g/mol. The van der Waals surface area contributed by atoms with Gasteiger partial charge in [-0.15, -0.1) is 11.3 Å². The van der Waals surface area contributed by atoms with Gasteiger partial charge in [-0.05, 0) is 41.1 Å². The number of methoxy groups -OCH3 is 1. The zero-order valence-electron chi connectivity index (χ0n) is 13.1. The molecule has 0 atom stereocenters. The number of hydrogen-bond acceptors (Lipinski definition) is 3. The van der Waals surface area contributed by atoms with Crippen LogP contribution in [0.25, 0.3) is 22.3 Å². The molecule has 1 aliphatic carbocycles. The van der Waals surface area contributed by atoms with Crippen molar-refractivity contribution in [2.75, 3.05) is 7.11 Å². The molecule has 0 amide bonds. The van der Waals surface area contributed by atoms with Crippen LogP contribution in [0.5, 0.6) is 5.75 Å². The van der Waals surface area contributed by atoms with Crippen LogP contribution in [0.1, 0.15) is 20.8 Å². The third-order valence-electron chi connectivity index (χ3n) is 4.35. The fourth-order valence-corrected chi connectivity index (χ4v) is 4.07. The van der Waals surface area contributed by atoms with Crippen molar-refractivity contribution >= 4 is 17.1 Å². The highest BCUT2D eigenvalue weighted by atomic mass is 32.1. The van der Waals surface area contributed by atoms with Crippen LogP contribution in [-0.4, -0.2) is 12.9 Å². The monoisotopic (exact) mass is 320 g/mol. The van der Waals surface area contributed by atoms with Gasteiger partial charge >= 0.3 is 0 Å². The quantitative estimate of drug-likeness (QED) is 0.653. The number of ether oxygens (including phenoxy) is 1. The van der Waals surface area contributed by atoms with Gasteiger partial charge in [0.25, 0.3) is 0 Å². The minimum absolute atomic E-state index is 0.211. The second kappa shape index (κ2) is 5.36. The number of carbonyl (C=O) groups excluding carboxylic acids is 1. The molecule has 0 fully saturated rings. The van der Waals surface area contributed by atoms with Crippen LogP contribution in [0.2, 0.25) is 0 Å². The fraction of sp³-hybridized carbons (Fsp3) is 0.150. The molecule has 23 heavy (non-hydrogen) atoms. The van der Waals surface area contributed by atoms with E-state index in [1.807, 2.05) is 23.6 Å². The average Bonchev–Trinajstić information content (AvgIpc) is 3.05. The van der Waals surface area contributed by atoms with E-state index in [4.69, 9.17) is 4.74 Å². The van der Waals surface area contributed by atoms with Gasteiger partial charge in [0.1, 0.15) is 5.75 Å². The highest BCUT2D eigenvalue weighted by molar-refractivity contribution is 7.12. The third kappa shape index (κ3) is 2.20. The van der Waals surface area contributed by atoms with E-state index in [0.29, 0.717) is 6.42 Å². The number of fused-ring (bicyclic) bond motifs is 3. The molecule has 1 aromatic heterocycles. The van der Waals surface area contributed by atoms with Crippen LogP contribution < -0.4 is 4.74 Å². The number of aryl methyl sites for hydroxylation is 1. The van der Waals surface area contributed by atoms with Crippen LogP contribution in [0.15, 0.2) is 47.8 Å². The van der Waals surface area contributed by atoms with E-state index < -0.39 is 0 Å². The number of thiophene rings is 1. The summed E-state index contributed by atoms with van der Waals surface area (Å²) in [5, 5.41) is 2.00. The van der Waals surface area contributed by atoms with E-state index in [1.54, 1.807) is 7.11 Å². The molecule has 0 N–H and O–H groups in total. The van der Waals surface area contributed by atoms with Crippen molar-refractivity contribution in [1.29, 1.82) is 0 Å². The average molecular weight is 320 g/mol. The van der Waals surface area contributed by atoms with Gasteiger partial charge in [-0.2, -0.15) is 0 Å². The summed E-state index contributed by atoms with van der Waals surface area (Å²) in [6, 6.07) is 14.5. The van der Waals surface area contributed by atoms with E-state index in [9.17, 15) is 4.79 Å². The van der Waals surface area contributed by atoms with Gasteiger partial charge in [-0.25, -0.2) is 0 Å². The van der Waals surface area contributed by atoms with Crippen molar-refractivity contribution in [1.82, 2.24) is 0 Å². The number of benzene rings is 2. The Morgan fingerprint density at radius 2 is 1.78 bits per heavy atom. The van der Waals surface area contributed by atoms with Gasteiger partial charge in [0, 0.05) is 17.5 Å². The highest BCUT2D eigenvalue weighted by Gasteiger charge is 2.28. The summed E-state index contributed by atoms with van der Waals surface area (Å²) in [7, 11) is 1.70. The van der Waals surface area contributed by atoms with Crippen LogP contribution in [0.4, 0.5) is 0 Å². The molecule has 0 saturated carbocycles. The second-order valence-corrected chi connectivity index (χ2v) is 6.72. The predicted octanol–water partition coefficient (Wildman–Crippen LogP) is 5.14. The first-order chi connectivity index (χ1) is 11.2. The summed E-state index contributed by atoms with van der Waals surface area (Å²) in [6.45, 7) is 2.08. The molecule has 3 aromatic rings. The Bertz CT molecular complexity index is 904. The summed E-state index contributed by atoms with van der Waals surface area (Å²) in [5.41, 5.74) is 6.69. The Labute approximate surface area is 139 Å². The molecular formula is C20H16O2S. The van der Waals surface area contributed by atoms with E-state index in [-0.39, 0.29) is 5.78 Å². The Morgan fingerprint density at radius 3 is 2.52 bits per heavy atom. The lowest BCUT2D eigenvalue weighted by molar-refractivity contribution is 0.0996. The maximum Gasteiger partial charge on any atom is 0.177 e. The summed E-state index contributed by atoms with van der Waals surface area (Å²) < 4.78 is 5.63. The minimum Gasteiger partial charge on any atom is -0.496 e. The Morgan fingerprint density at radius 1 is 1.00 bits per heavy atom. The molecule has 2 nitrogen and oxygen atoms in total. The predicted molar refractivity (Wildman–Crippen MR) is 94.5 cm³/mol. The van der Waals surface area contributed by atoms with Gasteiger partial charge in [-0.3, -0.25) is 4.79 Å². The van der Waals surface area contributed by atoms with Crippen molar-refractivity contribution in [3.63, 3.8) is 0 Å². The summed E-state index contributed by atoms with van der Waals surface area (Å²) >= 11 is 1.53. The summed E-state index contributed by atoms with van der Waals surface area (Å²) in [5.74, 6) is 1.06. The van der Waals surface area contributed by atoms with Gasteiger partial charge in [0.05, 0.1) is 12.0 Å². The topological polar surface area (TPSA) is 26.3 Å². The fourth-order valence-electron chi connectivity index (χ4n) is 3.23. The van der Waals surface area contributed by atoms with Crippen molar-refractivity contribution in [3.8, 4) is 28.0 Å². The van der Waals surface area contributed by atoms with E-state index in [0.717, 1.165) is 38.4 Å². The molecule has 1 aliphatic rings. The Hall–Kier alpha value is -2.39. The molecule has 1 heterocycles. The lowest BCUT2D eigenvalue weighted by Gasteiger charge is -2.22. The van der Waals surface area contributed by atoms with Gasteiger partial charge in [0.15, 0.2) is 5.78 Å². The molecule has 0 radical (unpaired) electrons. The lowest BCUT2D eigenvalue weighted by Crippen LogP contribution is -2.11. The molecule has 0 saturated heterocycles. The van der Waals surface area contributed by atoms with Crippen LogP contribution in [0.3, 0.4) is 0 Å². The number of ketones is 1.